The quantitative estimate of drug-likeness (QED) is 0.615. The zero-order chi connectivity index (χ0) is 12.6. The summed E-state index contributed by atoms with van der Waals surface area (Å²) < 4.78 is 36.9. The number of thioether (sulfide) groups is 1. The minimum atomic E-state index is -3.14. The lowest BCUT2D eigenvalue weighted by Gasteiger charge is -2.36. The Morgan fingerprint density at radius 1 is 1.59 bits per heavy atom. The highest BCUT2D eigenvalue weighted by atomic mass is 35.5. The Labute approximate surface area is 107 Å². The summed E-state index contributed by atoms with van der Waals surface area (Å²) in [6.45, 7) is 0.731. The normalized spacial score (nSPS) is 18.1. The Bertz CT molecular complexity index is 534. The van der Waals surface area contributed by atoms with Crippen molar-refractivity contribution in [2.75, 3.05) is 19.3 Å². The highest BCUT2D eigenvalue weighted by molar-refractivity contribution is 8.00. The maximum Gasteiger partial charge on any atom is 0.223 e. The van der Waals surface area contributed by atoms with Crippen molar-refractivity contribution in [1.29, 1.82) is 0 Å². The molecule has 1 fully saturated rings. The summed E-state index contributed by atoms with van der Waals surface area (Å²) in [4.78, 5) is 7.26. The number of hydrogen-bond donors (Lipinski definition) is 0. The fourth-order valence-corrected chi connectivity index (χ4v) is 3.72. The lowest BCUT2D eigenvalue weighted by atomic mass is 10.3. The van der Waals surface area contributed by atoms with E-state index in [1.54, 1.807) is 0 Å². The predicted molar refractivity (Wildman–Crippen MR) is 63.1 cm³/mol. The van der Waals surface area contributed by atoms with E-state index in [1.165, 1.54) is 16.1 Å². The van der Waals surface area contributed by atoms with E-state index >= 15 is 0 Å². The summed E-state index contributed by atoms with van der Waals surface area (Å²) >= 11 is 6.73. The second kappa shape index (κ2) is 4.68. The Morgan fingerprint density at radius 2 is 2.24 bits per heavy atom. The van der Waals surface area contributed by atoms with Crippen LogP contribution in [0.1, 0.15) is 0 Å². The van der Waals surface area contributed by atoms with Gasteiger partial charge in [0.05, 0.1) is 12.5 Å². The third kappa shape index (κ3) is 3.06. The third-order valence-corrected chi connectivity index (χ3v) is 4.80. The first-order valence-electron chi connectivity index (χ1n) is 4.66. The molecule has 0 saturated carbocycles. The second-order valence-electron chi connectivity index (χ2n) is 3.61. The molecule has 1 saturated heterocycles. The van der Waals surface area contributed by atoms with Gasteiger partial charge in [-0.25, -0.2) is 22.8 Å². The smallest absolute Gasteiger partial charge is 0.223 e. The van der Waals surface area contributed by atoms with Gasteiger partial charge < -0.3 is 0 Å². The first-order chi connectivity index (χ1) is 7.86. The van der Waals surface area contributed by atoms with Crippen LogP contribution in [0.5, 0.6) is 0 Å². The first kappa shape index (κ1) is 13.0. The zero-order valence-electron chi connectivity index (χ0n) is 8.80. The molecule has 0 amide bonds. The molecule has 94 valence electrons. The van der Waals surface area contributed by atoms with E-state index in [1.807, 2.05) is 0 Å². The van der Waals surface area contributed by atoms with Crippen LogP contribution >= 0.6 is 23.4 Å². The van der Waals surface area contributed by atoms with E-state index in [2.05, 4.69) is 9.97 Å². The molecule has 2 heterocycles. The van der Waals surface area contributed by atoms with Crippen LogP contribution in [0.15, 0.2) is 11.2 Å². The monoisotopic (exact) mass is 297 g/mol. The molecule has 17 heavy (non-hydrogen) atoms. The summed E-state index contributed by atoms with van der Waals surface area (Å²) in [7, 11) is -3.14. The molecule has 1 aromatic heterocycles. The van der Waals surface area contributed by atoms with Crippen LogP contribution in [0, 0.1) is 5.82 Å². The Kier molecular flexibility index (Phi) is 3.58. The average molecular weight is 298 g/mol. The van der Waals surface area contributed by atoms with Crippen LogP contribution in [-0.4, -0.2) is 47.3 Å². The number of sulfonamides is 1. The number of hydrogen-bond acceptors (Lipinski definition) is 5. The fraction of sp³-hybridized carbons (Fsp3) is 0.500. The van der Waals surface area contributed by atoms with E-state index in [0.29, 0.717) is 13.1 Å². The van der Waals surface area contributed by atoms with Crippen molar-refractivity contribution in [3.63, 3.8) is 0 Å². The molecule has 5 nitrogen and oxygen atoms in total. The minimum absolute atomic E-state index is 0.00481. The molecular weight excluding hydrogens is 289 g/mol. The van der Waals surface area contributed by atoms with Gasteiger partial charge in [-0.15, -0.1) is 0 Å². The van der Waals surface area contributed by atoms with Gasteiger partial charge in [-0.3, -0.25) is 0 Å². The number of aromatic nitrogens is 2. The van der Waals surface area contributed by atoms with Crippen LogP contribution in [0.25, 0.3) is 0 Å². The van der Waals surface area contributed by atoms with Crippen LogP contribution < -0.4 is 0 Å². The SMILES string of the molecule is CS(=O)(=O)N1CC(Sc2nc(Cl)ncc2F)C1. The maximum absolute atomic E-state index is 13.3. The van der Waals surface area contributed by atoms with Crippen molar-refractivity contribution in [3.8, 4) is 0 Å². The number of halogens is 2. The summed E-state index contributed by atoms with van der Waals surface area (Å²) in [5.74, 6) is -0.544. The highest BCUT2D eigenvalue weighted by Gasteiger charge is 2.34. The lowest BCUT2D eigenvalue weighted by Crippen LogP contribution is -2.51. The van der Waals surface area contributed by atoms with Crippen LogP contribution in [0.2, 0.25) is 5.28 Å². The van der Waals surface area contributed by atoms with Crippen LogP contribution in [0.3, 0.4) is 0 Å². The van der Waals surface area contributed by atoms with Gasteiger partial charge in [-0.2, -0.15) is 4.31 Å². The molecule has 1 aliphatic heterocycles. The predicted octanol–water partition coefficient (Wildman–Crippen LogP) is 1.00. The van der Waals surface area contributed by atoms with Gasteiger partial charge in [0.1, 0.15) is 5.03 Å². The molecule has 1 aromatic rings. The van der Waals surface area contributed by atoms with Crippen molar-refractivity contribution < 1.29 is 12.8 Å². The topological polar surface area (TPSA) is 63.2 Å². The molecule has 0 aromatic carbocycles. The molecule has 0 atom stereocenters. The molecule has 0 spiro atoms. The van der Waals surface area contributed by atoms with Crippen molar-refractivity contribution in [2.45, 2.75) is 10.3 Å². The molecule has 0 bridgehead atoms. The number of rotatable bonds is 3. The van der Waals surface area contributed by atoms with Crippen molar-refractivity contribution in [3.05, 3.63) is 17.3 Å². The molecule has 2 rings (SSSR count). The highest BCUT2D eigenvalue weighted by Crippen LogP contribution is 2.31. The third-order valence-electron chi connectivity index (χ3n) is 2.24. The van der Waals surface area contributed by atoms with E-state index in [0.717, 1.165) is 12.5 Å². The number of nitrogens with zero attached hydrogens (tertiary/aromatic N) is 3. The van der Waals surface area contributed by atoms with Crippen LogP contribution in [0.4, 0.5) is 4.39 Å². The summed E-state index contributed by atoms with van der Waals surface area (Å²) in [5.41, 5.74) is 0. The Morgan fingerprint density at radius 3 is 2.82 bits per heavy atom. The standard InChI is InChI=1S/C8H9ClFN3O2S2/c1-17(14,15)13-3-5(4-13)16-7-6(10)2-11-8(9)12-7/h2,5H,3-4H2,1H3. The zero-order valence-corrected chi connectivity index (χ0v) is 11.2. The van der Waals surface area contributed by atoms with Crippen LogP contribution in [-0.2, 0) is 10.0 Å². The van der Waals surface area contributed by atoms with Gasteiger partial charge in [0.15, 0.2) is 5.82 Å². The molecular formula is C8H9ClFN3O2S2. The van der Waals surface area contributed by atoms with E-state index in [-0.39, 0.29) is 15.6 Å². The Balaban J connectivity index is 1.98. The van der Waals surface area contributed by atoms with Crippen molar-refractivity contribution >= 4 is 33.4 Å². The Hall–Kier alpha value is -0.440. The molecule has 0 unspecified atom stereocenters. The van der Waals surface area contributed by atoms with Gasteiger partial charge in [0, 0.05) is 18.3 Å². The largest absolute Gasteiger partial charge is 0.223 e. The van der Waals surface area contributed by atoms with Crippen molar-refractivity contribution in [2.24, 2.45) is 0 Å². The summed E-state index contributed by atoms with van der Waals surface area (Å²) in [6, 6.07) is 0. The lowest BCUT2D eigenvalue weighted by molar-refractivity contribution is 0.322. The van der Waals surface area contributed by atoms with E-state index in [9.17, 15) is 12.8 Å². The van der Waals surface area contributed by atoms with Gasteiger partial charge in [0.25, 0.3) is 0 Å². The van der Waals surface area contributed by atoms with Gasteiger partial charge in [-0.05, 0) is 11.6 Å². The van der Waals surface area contributed by atoms with Gasteiger partial charge in [-0.1, -0.05) is 11.8 Å². The summed E-state index contributed by atoms with van der Waals surface area (Å²) in [6.07, 6.45) is 2.15. The molecule has 1 aliphatic rings. The van der Waals surface area contributed by atoms with Gasteiger partial charge in [0.2, 0.25) is 15.3 Å². The van der Waals surface area contributed by atoms with Crippen molar-refractivity contribution in [1.82, 2.24) is 14.3 Å². The minimum Gasteiger partial charge on any atom is -0.223 e. The maximum atomic E-state index is 13.3. The van der Waals surface area contributed by atoms with E-state index in [4.69, 9.17) is 11.6 Å². The molecule has 0 radical (unpaired) electrons. The molecule has 0 N–H and O–H groups in total. The first-order valence-corrected chi connectivity index (χ1v) is 7.76. The summed E-state index contributed by atoms with van der Waals surface area (Å²) in [5, 5.41) is 0.140. The fourth-order valence-electron chi connectivity index (χ4n) is 1.32. The molecule has 0 aliphatic carbocycles. The second-order valence-corrected chi connectivity index (χ2v) is 7.22. The molecule has 9 heteroatoms. The van der Waals surface area contributed by atoms with Gasteiger partial charge >= 0.3 is 0 Å². The van der Waals surface area contributed by atoms with E-state index < -0.39 is 15.8 Å². The average Bonchev–Trinajstić information content (AvgIpc) is 2.14.